The van der Waals surface area contributed by atoms with Gasteiger partial charge in [-0.15, -0.1) is 0 Å². The van der Waals surface area contributed by atoms with Gasteiger partial charge >= 0.3 is 0 Å². The van der Waals surface area contributed by atoms with Gasteiger partial charge in [-0.3, -0.25) is 4.98 Å². The summed E-state index contributed by atoms with van der Waals surface area (Å²) in [6.07, 6.45) is 1.94. The number of aromatic nitrogens is 1. The zero-order chi connectivity index (χ0) is 26.1. The van der Waals surface area contributed by atoms with E-state index in [9.17, 15) is 0 Å². The molecule has 1 aliphatic rings. The number of benzene rings is 5. The normalized spacial score (nSPS) is 15.0. The molecule has 2 heteroatoms. The Labute approximate surface area is 229 Å². The van der Waals surface area contributed by atoms with Gasteiger partial charge in [0.25, 0.3) is 0 Å². The van der Waals surface area contributed by atoms with Gasteiger partial charge in [0, 0.05) is 17.4 Å². The summed E-state index contributed by atoms with van der Waals surface area (Å²) in [6.45, 7) is 0. The van der Waals surface area contributed by atoms with Gasteiger partial charge in [0.15, 0.2) is 0 Å². The van der Waals surface area contributed by atoms with Crippen LogP contribution in [-0.2, 0) is 11.1 Å². The van der Waals surface area contributed by atoms with Gasteiger partial charge in [0.1, 0.15) is 11.1 Å². The Morgan fingerprint density at radius 1 is 0.385 bits per heavy atom. The SMILES string of the molecule is c1ccc(N2C(c3ccccc3)(c3ccccc3)c3cccnc3C2(c2ccccc2)c2ccccc2)cc1. The third kappa shape index (κ3) is 3.31. The molecule has 186 valence electrons. The molecule has 6 aromatic rings. The van der Waals surface area contributed by atoms with E-state index in [1.54, 1.807) is 0 Å². The average molecular weight is 501 g/mol. The predicted octanol–water partition coefficient (Wildman–Crippen LogP) is 8.19. The largest absolute Gasteiger partial charge is 0.334 e. The van der Waals surface area contributed by atoms with Crippen LogP contribution in [0.25, 0.3) is 0 Å². The monoisotopic (exact) mass is 500 g/mol. The first-order valence-electron chi connectivity index (χ1n) is 13.4. The van der Waals surface area contributed by atoms with Crippen molar-refractivity contribution < 1.29 is 0 Å². The Morgan fingerprint density at radius 3 is 1.21 bits per heavy atom. The smallest absolute Gasteiger partial charge is 0.135 e. The number of hydrogen-bond donors (Lipinski definition) is 0. The van der Waals surface area contributed by atoms with Crippen LogP contribution in [0.4, 0.5) is 5.69 Å². The fraction of sp³-hybridized carbons (Fsp3) is 0.0541. The van der Waals surface area contributed by atoms with Gasteiger partial charge in [-0.25, -0.2) is 0 Å². The van der Waals surface area contributed by atoms with Gasteiger partial charge in [-0.1, -0.05) is 146 Å². The maximum atomic E-state index is 5.25. The molecule has 0 fully saturated rings. The van der Waals surface area contributed by atoms with Crippen molar-refractivity contribution in [2.75, 3.05) is 4.90 Å². The van der Waals surface area contributed by atoms with E-state index in [-0.39, 0.29) is 0 Å². The molecule has 0 amide bonds. The van der Waals surface area contributed by atoms with E-state index in [0.717, 1.165) is 11.4 Å². The molecular weight excluding hydrogens is 472 g/mol. The minimum absolute atomic E-state index is 0.654. The van der Waals surface area contributed by atoms with Gasteiger partial charge < -0.3 is 4.90 Å². The number of nitrogens with zero attached hydrogens (tertiary/aromatic N) is 2. The second kappa shape index (κ2) is 9.41. The molecule has 0 unspecified atom stereocenters. The van der Waals surface area contributed by atoms with E-state index >= 15 is 0 Å². The third-order valence-electron chi connectivity index (χ3n) is 7.99. The Hall–Kier alpha value is -4.95. The summed E-state index contributed by atoms with van der Waals surface area (Å²) in [4.78, 5) is 7.86. The Balaban J connectivity index is 1.74. The fourth-order valence-electron chi connectivity index (χ4n) is 6.58. The summed E-state index contributed by atoms with van der Waals surface area (Å²) in [5.41, 5.74) is 6.73. The van der Waals surface area contributed by atoms with Gasteiger partial charge in [0.05, 0.1) is 5.69 Å². The average Bonchev–Trinajstić information content (AvgIpc) is 3.32. The molecule has 7 rings (SSSR count). The molecule has 0 saturated carbocycles. The predicted molar refractivity (Wildman–Crippen MR) is 159 cm³/mol. The summed E-state index contributed by atoms with van der Waals surface area (Å²) in [6, 6.07) is 58.6. The lowest BCUT2D eigenvalue weighted by Crippen LogP contribution is -2.54. The van der Waals surface area contributed by atoms with E-state index < -0.39 is 11.1 Å². The molecule has 0 atom stereocenters. The molecule has 1 aromatic heterocycles. The van der Waals surface area contributed by atoms with Crippen molar-refractivity contribution in [3.05, 3.63) is 203 Å². The maximum Gasteiger partial charge on any atom is 0.135 e. The van der Waals surface area contributed by atoms with Crippen LogP contribution in [0.5, 0.6) is 0 Å². The van der Waals surface area contributed by atoms with E-state index in [4.69, 9.17) is 4.98 Å². The zero-order valence-electron chi connectivity index (χ0n) is 21.6. The third-order valence-corrected chi connectivity index (χ3v) is 7.99. The minimum atomic E-state index is -0.702. The lowest BCUT2D eigenvalue weighted by atomic mass is 9.77. The highest BCUT2D eigenvalue weighted by Crippen LogP contribution is 2.61. The van der Waals surface area contributed by atoms with Crippen molar-refractivity contribution in [1.29, 1.82) is 0 Å². The Morgan fingerprint density at radius 2 is 0.769 bits per heavy atom. The fourth-order valence-corrected chi connectivity index (χ4v) is 6.58. The molecule has 39 heavy (non-hydrogen) atoms. The summed E-state index contributed by atoms with van der Waals surface area (Å²) >= 11 is 0. The minimum Gasteiger partial charge on any atom is -0.334 e. The molecule has 0 aliphatic carbocycles. The number of hydrogen-bond acceptors (Lipinski definition) is 2. The molecule has 2 heterocycles. The lowest BCUT2D eigenvalue weighted by molar-refractivity contribution is 0.492. The molecule has 1 aliphatic heterocycles. The molecule has 2 nitrogen and oxygen atoms in total. The summed E-state index contributed by atoms with van der Waals surface area (Å²) < 4.78 is 0. The Kier molecular flexibility index (Phi) is 5.60. The van der Waals surface area contributed by atoms with Crippen LogP contribution in [0.1, 0.15) is 33.5 Å². The quantitative estimate of drug-likeness (QED) is 0.237. The van der Waals surface area contributed by atoms with Crippen molar-refractivity contribution in [3.8, 4) is 0 Å². The van der Waals surface area contributed by atoms with Gasteiger partial charge in [0.2, 0.25) is 0 Å². The van der Waals surface area contributed by atoms with Crippen molar-refractivity contribution in [3.63, 3.8) is 0 Å². The van der Waals surface area contributed by atoms with Crippen LogP contribution >= 0.6 is 0 Å². The van der Waals surface area contributed by atoms with Crippen LogP contribution in [0.2, 0.25) is 0 Å². The number of anilines is 1. The van der Waals surface area contributed by atoms with Crippen LogP contribution in [0.3, 0.4) is 0 Å². The number of fused-ring (bicyclic) bond motifs is 1. The van der Waals surface area contributed by atoms with Crippen LogP contribution < -0.4 is 4.90 Å². The Bertz CT molecular complexity index is 1490. The van der Waals surface area contributed by atoms with Gasteiger partial charge in [-0.05, 0) is 40.5 Å². The first-order chi connectivity index (χ1) is 19.4. The van der Waals surface area contributed by atoms with E-state index in [1.807, 2.05) is 6.20 Å². The maximum absolute atomic E-state index is 5.25. The number of para-hydroxylation sites is 1. The van der Waals surface area contributed by atoms with Crippen LogP contribution in [0.15, 0.2) is 170 Å². The second-order valence-corrected chi connectivity index (χ2v) is 9.96. The standard InChI is InChI=1S/C37H28N2/c1-6-17-29(18-7-1)36(30-19-8-2-9-20-30)34-27-16-28-38-35(34)37(31-21-10-3-11-22-31,32-23-12-4-13-24-32)39(36)33-25-14-5-15-26-33/h1-28H. The second-order valence-electron chi connectivity index (χ2n) is 9.96. The first kappa shape index (κ1) is 23.2. The summed E-state index contributed by atoms with van der Waals surface area (Å²) in [5, 5.41) is 0. The van der Waals surface area contributed by atoms with Crippen molar-refractivity contribution >= 4 is 5.69 Å². The van der Waals surface area contributed by atoms with E-state index in [0.29, 0.717) is 0 Å². The molecule has 0 bridgehead atoms. The van der Waals surface area contributed by atoms with E-state index in [1.165, 1.54) is 27.8 Å². The van der Waals surface area contributed by atoms with Crippen LogP contribution in [0, 0.1) is 0 Å². The van der Waals surface area contributed by atoms with Gasteiger partial charge in [-0.2, -0.15) is 0 Å². The molecule has 5 aromatic carbocycles. The highest BCUT2D eigenvalue weighted by atomic mass is 15.3. The summed E-state index contributed by atoms with van der Waals surface area (Å²) in [7, 11) is 0. The molecule has 0 radical (unpaired) electrons. The highest BCUT2D eigenvalue weighted by molar-refractivity contribution is 5.76. The molecular formula is C37H28N2. The van der Waals surface area contributed by atoms with Crippen molar-refractivity contribution in [2.24, 2.45) is 0 Å². The number of rotatable bonds is 5. The van der Waals surface area contributed by atoms with Crippen LogP contribution in [-0.4, -0.2) is 4.98 Å². The van der Waals surface area contributed by atoms with Crippen molar-refractivity contribution in [2.45, 2.75) is 11.1 Å². The lowest BCUT2D eigenvalue weighted by Gasteiger charge is -2.50. The van der Waals surface area contributed by atoms with E-state index in [2.05, 4.69) is 169 Å². The number of pyridine rings is 1. The molecule has 0 N–H and O–H groups in total. The summed E-state index contributed by atoms with van der Waals surface area (Å²) in [5.74, 6) is 0. The molecule has 0 saturated heterocycles. The zero-order valence-corrected chi connectivity index (χ0v) is 21.6. The van der Waals surface area contributed by atoms with Crippen molar-refractivity contribution in [1.82, 2.24) is 4.98 Å². The molecule has 0 spiro atoms. The first-order valence-corrected chi connectivity index (χ1v) is 13.4. The topological polar surface area (TPSA) is 16.1 Å². The highest BCUT2D eigenvalue weighted by Gasteiger charge is 2.62.